The van der Waals surface area contributed by atoms with E-state index in [2.05, 4.69) is 22.1 Å². The van der Waals surface area contributed by atoms with Crippen molar-refractivity contribution in [3.63, 3.8) is 0 Å². The summed E-state index contributed by atoms with van der Waals surface area (Å²) in [5, 5.41) is 1.04. The first-order valence-corrected chi connectivity index (χ1v) is 9.06. The van der Waals surface area contributed by atoms with Gasteiger partial charge in [-0.05, 0) is 55.0 Å². The Morgan fingerprint density at radius 3 is 2.43 bits per heavy atom. The summed E-state index contributed by atoms with van der Waals surface area (Å²) in [6.45, 7) is 1.56. The Morgan fingerprint density at radius 1 is 1.00 bits per heavy atom. The van der Waals surface area contributed by atoms with Gasteiger partial charge in [0.2, 0.25) is 0 Å². The number of methoxy groups -OCH3 is 1. The van der Waals surface area contributed by atoms with Gasteiger partial charge < -0.3 is 9.72 Å². The molecule has 138 valence electrons. The van der Waals surface area contributed by atoms with Gasteiger partial charge in [-0.1, -0.05) is 30.3 Å². The number of Topliss-reactive ketones (excluding diaryl/α,β-unsaturated/α-hetero) is 1. The minimum atomic E-state index is 0.0469. The Kier molecular flexibility index (Phi) is 4.77. The van der Waals surface area contributed by atoms with E-state index in [1.54, 1.807) is 26.2 Å². The summed E-state index contributed by atoms with van der Waals surface area (Å²) in [5.74, 6) is 0.845. The van der Waals surface area contributed by atoms with E-state index in [1.807, 2.05) is 54.7 Å². The SMILES string of the molecule is COc1ccc2[nH]c(-c3ccccc3)c(C=Nc3ccc(C(C)=O)cc3)c2c1. The van der Waals surface area contributed by atoms with E-state index >= 15 is 0 Å². The largest absolute Gasteiger partial charge is 0.497 e. The molecule has 0 radical (unpaired) electrons. The second-order valence-electron chi connectivity index (χ2n) is 6.55. The van der Waals surface area contributed by atoms with Gasteiger partial charge in [0.25, 0.3) is 0 Å². The van der Waals surface area contributed by atoms with Crippen LogP contribution in [-0.2, 0) is 0 Å². The van der Waals surface area contributed by atoms with Gasteiger partial charge in [0.1, 0.15) is 5.75 Å². The van der Waals surface area contributed by atoms with Crippen LogP contribution in [0.4, 0.5) is 5.69 Å². The summed E-state index contributed by atoms with van der Waals surface area (Å²) in [6.07, 6.45) is 1.86. The van der Waals surface area contributed by atoms with Gasteiger partial charge in [0, 0.05) is 28.2 Å². The van der Waals surface area contributed by atoms with Crippen molar-refractivity contribution < 1.29 is 9.53 Å². The first-order valence-electron chi connectivity index (χ1n) is 9.06. The maximum atomic E-state index is 11.5. The van der Waals surface area contributed by atoms with E-state index in [4.69, 9.17) is 4.74 Å². The lowest BCUT2D eigenvalue weighted by Crippen LogP contribution is -1.90. The summed E-state index contributed by atoms with van der Waals surface area (Å²) in [4.78, 5) is 19.6. The number of H-pyrrole nitrogens is 1. The fraction of sp³-hybridized carbons (Fsp3) is 0.0833. The molecular formula is C24H20N2O2. The molecule has 0 saturated heterocycles. The van der Waals surface area contributed by atoms with Crippen LogP contribution < -0.4 is 4.74 Å². The smallest absolute Gasteiger partial charge is 0.159 e. The molecule has 4 rings (SSSR count). The number of aromatic amines is 1. The van der Waals surface area contributed by atoms with E-state index < -0.39 is 0 Å². The molecule has 28 heavy (non-hydrogen) atoms. The number of ether oxygens (including phenoxy) is 1. The molecule has 0 aliphatic rings. The lowest BCUT2D eigenvalue weighted by molar-refractivity contribution is 0.101. The van der Waals surface area contributed by atoms with Gasteiger partial charge in [-0.25, -0.2) is 0 Å². The number of nitrogens with zero attached hydrogens (tertiary/aromatic N) is 1. The number of hydrogen-bond donors (Lipinski definition) is 1. The highest BCUT2D eigenvalue weighted by molar-refractivity contribution is 6.07. The second-order valence-corrected chi connectivity index (χ2v) is 6.55. The molecule has 1 aromatic heterocycles. The number of carbonyl (C=O) groups excluding carboxylic acids is 1. The van der Waals surface area contributed by atoms with Crippen molar-refractivity contribution in [3.8, 4) is 17.0 Å². The Bertz CT molecular complexity index is 1160. The molecule has 1 N–H and O–H groups in total. The molecule has 1 heterocycles. The highest BCUT2D eigenvalue weighted by Crippen LogP contribution is 2.32. The zero-order valence-electron chi connectivity index (χ0n) is 15.8. The maximum Gasteiger partial charge on any atom is 0.159 e. The van der Waals surface area contributed by atoms with Crippen molar-refractivity contribution in [1.29, 1.82) is 0 Å². The molecule has 4 aromatic rings. The number of nitrogens with one attached hydrogen (secondary N) is 1. The molecule has 3 aromatic carbocycles. The quantitative estimate of drug-likeness (QED) is 0.358. The van der Waals surface area contributed by atoms with Gasteiger partial charge >= 0.3 is 0 Å². The zero-order valence-corrected chi connectivity index (χ0v) is 15.8. The molecule has 0 amide bonds. The molecule has 4 heteroatoms. The van der Waals surface area contributed by atoms with Gasteiger partial charge in [-0.15, -0.1) is 0 Å². The van der Waals surface area contributed by atoms with Gasteiger partial charge in [-0.3, -0.25) is 9.79 Å². The van der Waals surface area contributed by atoms with Gasteiger partial charge in [0.15, 0.2) is 5.78 Å². The van der Waals surface area contributed by atoms with E-state index in [9.17, 15) is 4.79 Å². The van der Waals surface area contributed by atoms with Crippen LogP contribution in [0, 0.1) is 0 Å². The number of aliphatic imine (C=N–C) groups is 1. The van der Waals surface area contributed by atoms with Crippen LogP contribution in [0.1, 0.15) is 22.8 Å². The van der Waals surface area contributed by atoms with Crippen molar-refractivity contribution in [2.75, 3.05) is 7.11 Å². The first kappa shape index (κ1) is 17.7. The predicted octanol–water partition coefficient (Wildman–Crippen LogP) is 5.80. The van der Waals surface area contributed by atoms with Crippen LogP contribution in [0.2, 0.25) is 0 Å². The number of aromatic nitrogens is 1. The molecule has 0 aliphatic heterocycles. The van der Waals surface area contributed by atoms with Gasteiger partial charge in [-0.2, -0.15) is 0 Å². The summed E-state index contributed by atoms with van der Waals surface area (Å²) < 4.78 is 5.40. The molecule has 0 spiro atoms. The molecule has 0 atom stereocenters. The minimum absolute atomic E-state index is 0.0469. The van der Waals surface area contributed by atoms with E-state index in [-0.39, 0.29) is 5.78 Å². The highest BCUT2D eigenvalue weighted by Gasteiger charge is 2.12. The Hall–Kier alpha value is -3.66. The normalized spacial score (nSPS) is 11.2. The standard InChI is InChI=1S/C24H20N2O2/c1-16(27)17-8-10-19(11-9-17)25-15-22-21-14-20(28-2)12-13-23(21)26-24(22)18-6-4-3-5-7-18/h3-15,26H,1-2H3. The van der Waals surface area contributed by atoms with Crippen LogP contribution in [0.15, 0.2) is 77.8 Å². The summed E-state index contributed by atoms with van der Waals surface area (Å²) in [5.41, 5.74) is 5.59. The van der Waals surface area contributed by atoms with Crippen LogP contribution >= 0.6 is 0 Å². The second kappa shape index (κ2) is 7.53. The van der Waals surface area contributed by atoms with Crippen molar-refractivity contribution in [2.24, 2.45) is 4.99 Å². The summed E-state index contributed by atoms with van der Waals surface area (Å²) in [6, 6.07) is 23.4. The van der Waals surface area contributed by atoms with Crippen molar-refractivity contribution >= 4 is 28.6 Å². The minimum Gasteiger partial charge on any atom is -0.497 e. The lowest BCUT2D eigenvalue weighted by atomic mass is 10.1. The van der Waals surface area contributed by atoms with Crippen LogP contribution in [0.3, 0.4) is 0 Å². The van der Waals surface area contributed by atoms with Crippen molar-refractivity contribution in [3.05, 3.63) is 83.9 Å². The monoisotopic (exact) mass is 368 g/mol. The molecular weight excluding hydrogens is 348 g/mol. The highest BCUT2D eigenvalue weighted by atomic mass is 16.5. The molecule has 0 unspecified atom stereocenters. The number of benzene rings is 3. The topological polar surface area (TPSA) is 54.4 Å². The summed E-state index contributed by atoms with van der Waals surface area (Å²) in [7, 11) is 1.66. The van der Waals surface area contributed by atoms with Crippen molar-refractivity contribution in [1.82, 2.24) is 4.98 Å². The Morgan fingerprint density at radius 2 is 1.75 bits per heavy atom. The zero-order chi connectivity index (χ0) is 19.5. The molecule has 0 fully saturated rings. The fourth-order valence-corrected chi connectivity index (χ4v) is 3.21. The summed E-state index contributed by atoms with van der Waals surface area (Å²) >= 11 is 0. The fourth-order valence-electron chi connectivity index (χ4n) is 3.21. The Labute approximate surface area is 163 Å². The van der Waals surface area contributed by atoms with Crippen LogP contribution in [0.5, 0.6) is 5.75 Å². The third kappa shape index (κ3) is 3.45. The van der Waals surface area contributed by atoms with E-state index in [1.165, 1.54) is 0 Å². The van der Waals surface area contributed by atoms with Crippen LogP contribution in [-0.4, -0.2) is 24.1 Å². The average Bonchev–Trinajstić information content (AvgIpc) is 3.10. The maximum absolute atomic E-state index is 11.5. The van der Waals surface area contributed by atoms with Crippen molar-refractivity contribution in [2.45, 2.75) is 6.92 Å². The lowest BCUT2D eigenvalue weighted by Gasteiger charge is -2.02. The number of rotatable bonds is 5. The number of carbonyl (C=O) groups is 1. The van der Waals surface area contributed by atoms with Gasteiger partial charge in [0.05, 0.1) is 18.5 Å². The first-order chi connectivity index (χ1) is 13.7. The third-order valence-electron chi connectivity index (χ3n) is 4.72. The molecule has 0 aliphatic carbocycles. The van der Waals surface area contributed by atoms with E-state index in [0.717, 1.165) is 39.2 Å². The number of ketones is 1. The third-order valence-corrected chi connectivity index (χ3v) is 4.72. The predicted molar refractivity (Wildman–Crippen MR) is 114 cm³/mol. The number of hydrogen-bond acceptors (Lipinski definition) is 3. The average molecular weight is 368 g/mol. The van der Waals surface area contributed by atoms with E-state index in [0.29, 0.717) is 5.56 Å². The van der Waals surface area contributed by atoms with Crippen LogP contribution in [0.25, 0.3) is 22.2 Å². The molecule has 4 nitrogen and oxygen atoms in total. The number of fused-ring (bicyclic) bond motifs is 1. The Balaban J connectivity index is 1.82. The molecule has 0 saturated carbocycles. The molecule has 0 bridgehead atoms.